The van der Waals surface area contributed by atoms with E-state index in [2.05, 4.69) is 52.9 Å². The van der Waals surface area contributed by atoms with Crippen molar-refractivity contribution >= 4 is 40.0 Å². The Morgan fingerprint density at radius 3 is 2.35 bits per heavy atom. The number of halogens is 1. The monoisotopic (exact) mass is 352 g/mol. The Labute approximate surface area is 118 Å². The number of nitrogens with two attached hydrogens (primary N) is 1. The molecule has 0 saturated carbocycles. The summed E-state index contributed by atoms with van der Waals surface area (Å²) in [4.78, 5) is 2.18. The van der Waals surface area contributed by atoms with E-state index in [1.54, 1.807) is 17.8 Å². The Bertz CT molecular complexity index is 573. The summed E-state index contributed by atoms with van der Waals surface area (Å²) in [7, 11) is 0. The van der Waals surface area contributed by atoms with E-state index in [1.165, 1.54) is 3.57 Å². The van der Waals surface area contributed by atoms with E-state index in [9.17, 15) is 0 Å². The quantitative estimate of drug-likeness (QED) is 0.659. The largest absolute Gasteiger partial charge is 0.398 e. The van der Waals surface area contributed by atoms with Crippen LogP contribution in [0.15, 0.2) is 52.3 Å². The van der Waals surface area contributed by atoms with Crippen LogP contribution in [0.1, 0.15) is 5.56 Å². The fourth-order valence-electron chi connectivity index (χ4n) is 1.33. The number of hydrogen-bond donors (Lipinski definition) is 1. The van der Waals surface area contributed by atoms with Crippen LogP contribution in [0.4, 0.5) is 5.69 Å². The zero-order valence-corrected chi connectivity index (χ0v) is 11.8. The Hall–Kier alpha value is -1.19. The first-order chi connectivity index (χ1) is 8.19. The molecule has 84 valence electrons. The fourth-order valence-corrected chi connectivity index (χ4v) is 2.55. The van der Waals surface area contributed by atoms with Crippen molar-refractivity contribution in [3.05, 3.63) is 51.6 Å². The van der Waals surface area contributed by atoms with Gasteiger partial charge in [-0.25, -0.2) is 0 Å². The first-order valence-corrected chi connectivity index (χ1v) is 6.81. The zero-order chi connectivity index (χ0) is 12.3. The summed E-state index contributed by atoms with van der Waals surface area (Å²) in [6, 6.07) is 15.9. The van der Waals surface area contributed by atoms with Crippen LogP contribution < -0.4 is 5.73 Å². The molecule has 0 radical (unpaired) electrons. The summed E-state index contributed by atoms with van der Waals surface area (Å²) in [5, 5.41) is 8.91. The molecule has 0 heterocycles. The lowest BCUT2D eigenvalue weighted by molar-refractivity contribution is 1.37. The van der Waals surface area contributed by atoms with Crippen molar-refractivity contribution in [3.8, 4) is 6.07 Å². The number of nitriles is 1. The maximum Gasteiger partial charge on any atom is 0.101 e. The summed E-state index contributed by atoms with van der Waals surface area (Å²) in [5.74, 6) is 0. The maximum atomic E-state index is 8.91. The van der Waals surface area contributed by atoms with Gasteiger partial charge in [0.15, 0.2) is 0 Å². The molecule has 0 saturated heterocycles. The first-order valence-electron chi connectivity index (χ1n) is 4.92. The lowest BCUT2D eigenvalue weighted by Gasteiger charge is -2.03. The summed E-state index contributed by atoms with van der Waals surface area (Å²) in [5.41, 5.74) is 6.74. The van der Waals surface area contributed by atoms with Gasteiger partial charge in [0, 0.05) is 19.0 Å². The van der Waals surface area contributed by atoms with E-state index in [4.69, 9.17) is 11.0 Å². The molecule has 0 spiro atoms. The van der Waals surface area contributed by atoms with Crippen LogP contribution in [-0.4, -0.2) is 0 Å². The molecular formula is C13H9IN2S. The van der Waals surface area contributed by atoms with Crippen molar-refractivity contribution in [1.82, 2.24) is 0 Å². The van der Waals surface area contributed by atoms with E-state index in [0.717, 1.165) is 9.79 Å². The molecule has 17 heavy (non-hydrogen) atoms. The van der Waals surface area contributed by atoms with Gasteiger partial charge in [0.2, 0.25) is 0 Å². The highest BCUT2D eigenvalue weighted by molar-refractivity contribution is 14.1. The third-order valence-electron chi connectivity index (χ3n) is 2.19. The van der Waals surface area contributed by atoms with Crippen LogP contribution in [0, 0.1) is 14.9 Å². The first kappa shape index (κ1) is 12.3. The summed E-state index contributed by atoms with van der Waals surface area (Å²) in [6.07, 6.45) is 0. The van der Waals surface area contributed by atoms with E-state index in [-0.39, 0.29) is 0 Å². The predicted octanol–water partition coefficient (Wildman–Crippen LogP) is 3.90. The number of hydrogen-bond acceptors (Lipinski definition) is 3. The Kier molecular flexibility index (Phi) is 3.92. The molecule has 2 N–H and O–H groups in total. The van der Waals surface area contributed by atoms with E-state index >= 15 is 0 Å². The van der Waals surface area contributed by atoms with Crippen LogP contribution in [0.5, 0.6) is 0 Å². The molecule has 2 aromatic rings. The van der Waals surface area contributed by atoms with Gasteiger partial charge in [0.1, 0.15) is 6.07 Å². The number of benzene rings is 2. The molecule has 0 aliphatic heterocycles. The minimum Gasteiger partial charge on any atom is -0.398 e. The molecule has 0 unspecified atom stereocenters. The van der Waals surface area contributed by atoms with E-state index < -0.39 is 0 Å². The molecule has 0 amide bonds. The minimum absolute atomic E-state index is 0.527. The maximum absolute atomic E-state index is 8.91. The van der Waals surface area contributed by atoms with E-state index in [1.807, 2.05) is 12.1 Å². The highest BCUT2D eigenvalue weighted by Crippen LogP contribution is 2.29. The molecule has 0 aliphatic carbocycles. The summed E-state index contributed by atoms with van der Waals surface area (Å²) < 4.78 is 1.21. The fraction of sp³-hybridized carbons (Fsp3) is 0. The topological polar surface area (TPSA) is 49.8 Å². The second-order valence-electron chi connectivity index (χ2n) is 3.42. The van der Waals surface area contributed by atoms with Gasteiger partial charge in [-0.05, 0) is 65.1 Å². The number of anilines is 1. The standard InChI is InChI=1S/C13H9IN2S/c14-10-1-3-11(4-2-10)17-12-5-6-13(16)9(7-12)8-15/h1-7H,16H2. The van der Waals surface area contributed by atoms with Crippen molar-refractivity contribution in [1.29, 1.82) is 5.26 Å². The van der Waals surface area contributed by atoms with Gasteiger partial charge in [0.05, 0.1) is 5.56 Å². The second kappa shape index (κ2) is 5.43. The Morgan fingerprint density at radius 2 is 1.71 bits per heavy atom. The molecule has 2 nitrogen and oxygen atoms in total. The number of nitrogens with zero attached hydrogens (tertiary/aromatic N) is 1. The van der Waals surface area contributed by atoms with E-state index in [0.29, 0.717) is 11.3 Å². The van der Waals surface area contributed by atoms with Gasteiger partial charge in [-0.1, -0.05) is 11.8 Å². The van der Waals surface area contributed by atoms with Gasteiger partial charge in [-0.3, -0.25) is 0 Å². The normalized spacial score (nSPS) is 9.88. The highest BCUT2D eigenvalue weighted by atomic mass is 127. The third kappa shape index (κ3) is 3.14. The smallest absolute Gasteiger partial charge is 0.101 e. The van der Waals surface area contributed by atoms with Crippen LogP contribution in [0.2, 0.25) is 0 Å². The van der Waals surface area contributed by atoms with Crippen molar-refractivity contribution in [2.75, 3.05) is 5.73 Å². The van der Waals surface area contributed by atoms with Crippen LogP contribution >= 0.6 is 34.4 Å². The molecule has 0 bridgehead atoms. The number of nitrogen functional groups attached to an aromatic ring is 1. The summed E-state index contributed by atoms with van der Waals surface area (Å²) >= 11 is 3.90. The molecule has 2 aromatic carbocycles. The average molecular weight is 352 g/mol. The van der Waals surface area contributed by atoms with Gasteiger partial charge < -0.3 is 5.73 Å². The van der Waals surface area contributed by atoms with Crippen LogP contribution in [-0.2, 0) is 0 Å². The molecule has 4 heteroatoms. The summed E-state index contributed by atoms with van der Waals surface area (Å²) in [6.45, 7) is 0. The van der Waals surface area contributed by atoms with Gasteiger partial charge in [-0.15, -0.1) is 0 Å². The second-order valence-corrected chi connectivity index (χ2v) is 5.81. The van der Waals surface area contributed by atoms with Crippen molar-refractivity contribution in [3.63, 3.8) is 0 Å². The molecule has 0 aromatic heterocycles. The lowest BCUT2D eigenvalue weighted by Crippen LogP contribution is -1.89. The number of rotatable bonds is 2. The van der Waals surface area contributed by atoms with Crippen molar-refractivity contribution in [2.24, 2.45) is 0 Å². The predicted molar refractivity (Wildman–Crippen MR) is 78.9 cm³/mol. The van der Waals surface area contributed by atoms with Gasteiger partial charge in [-0.2, -0.15) is 5.26 Å². The minimum atomic E-state index is 0.527. The van der Waals surface area contributed by atoms with Crippen molar-refractivity contribution in [2.45, 2.75) is 9.79 Å². The average Bonchev–Trinajstić information content (AvgIpc) is 2.34. The Morgan fingerprint density at radius 1 is 1.06 bits per heavy atom. The van der Waals surface area contributed by atoms with Crippen LogP contribution in [0.3, 0.4) is 0 Å². The molecule has 0 fully saturated rings. The molecule has 0 aliphatic rings. The SMILES string of the molecule is N#Cc1cc(Sc2ccc(I)cc2)ccc1N. The lowest BCUT2D eigenvalue weighted by atomic mass is 10.2. The van der Waals surface area contributed by atoms with Gasteiger partial charge in [0.25, 0.3) is 0 Å². The van der Waals surface area contributed by atoms with Gasteiger partial charge >= 0.3 is 0 Å². The molecule has 2 rings (SSSR count). The molecular weight excluding hydrogens is 343 g/mol. The zero-order valence-electron chi connectivity index (χ0n) is 8.85. The molecule has 0 atom stereocenters. The third-order valence-corrected chi connectivity index (χ3v) is 3.91. The van der Waals surface area contributed by atoms with Crippen molar-refractivity contribution < 1.29 is 0 Å². The highest BCUT2D eigenvalue weighted by Gasteiger charge is 2.02. The van der Waals surface area contributed by atoms with Crippen LogP contribution in [0.25, 0.3) is 0 Å². The Balaban J connectivity index is 2.25.